The highest BCUT2D eigenvalue weighted by Gasteiger charge is 2.26. The Morgan fingerprint density at radius 3 is 2.72 bits per heavy atom. The zero-order valence-electron chi connectivity index (χ0n) is 14.5. The van der Waals surface area contributed by atoms with Gasteiger partial charge in [0.25, 0.3) is 0 Å². The topological polar surface area (TPSA) is 62.7 Å². The Kier molecular flexibility index (Phi) is 4.99. The SMILES string of the molecule is COc1ccccc1NC(=O)CSC1=NC(C)(C)Nc2ccccc21. The third kappa shape index (κ3) is 4.14. The Bertz CT molecular complexity index is 818. The fourth-order valence-electron chi connectivity index (χ4n) is 2.63. The number of nitrogens with zero attached hydrogens (tertiary/aromatic N) is 1. The van der Waals surface area contributed by atoms with Crippen LogP contribution in [0.15, 0.2) is 53.5 Å². The van der Waals surface area contributed by atoms with Gasteiger partial charge in [-0.1, -0.05) is 42.1 Å². The molecular weight excluding hydrogens is 334 g/mol. The molecule has 0 atom stereocenters. The average molecular weight is 355 g/mol. The first kappa shape index (κ1) is 17.4. The van der Waals surface area contributed by atoms with Gasteiger partial charge in [-0.2, -0.15) is 0 Å². The molecule has 0 aliphatic carbocycles. The Balaban J connectivity index is 1.70. The summed E-state index contributed by atoms with van der Waals surface area (Å²) in [7, 11) is 1.59. The number of para-hydroxylation sites is 3. The third-order valence-corrected chi connectivity index (χ3v) is 4.69. The van der Waals surface area contributed by atoms with Gasteiger partial charge in [0.15, 0.2) is 0 Å². The molecule has 0 spiro atoms. The van der Waals surface area contributed by atoms with Crippen molar-refractivity contribution in [2.24, 2.45) is 4.99 Å². The minimum absolute atomic E-state index is 0.0916. The molecule has 0 aromatic heterocycles. The molecule has 25 heavy (non-hydrogen) atoms. The van der Waals surface area contributed by atoms with Crippen LogP contribution in [0.3, 0.4) is 0 Å². The summed E-state index contributed by atoms with van der Waals surface area (Å²) in [5.74, 6) is 0.832. The summed E-state index contributed by atoms with van der Waals surface area (Å²) < 4.78 is 5.26. The normalized spacial score (nSPS) is 14.8. The van der Waals surface area contributed by atoms with Gasteiger partial charge in [-0.15, -0.1) is 0 Å². The van der Waals surface area contributed by atoms with Crippen molar-refractivity contribution in [3.05, 3.63) is 54.1 Å². The highest BCUT2D eigenvalue weighted by molar-refractivity contribution is 8.15. The van der Waals surface area contributed by atoms with Crippen LogP contribution < -0.4 is 15.4 Å². The maximum absolute atomic E-state index is 12.3. The monoisotopic (exact) mass is 355 g/mol. The molecule has 5 nitrogen and oxygen atoms in total. The van der Waals surface area contributed by atoms with E-state index in [0.717, 1.165) is 16.3 Å². The van der Waals surface area contributed by atoms with Crippen LogP contribution in [0, 0.1) is 0 Å². The average Bonchev–Trinajstić information content (AvgIpc) is 2.59. The fourth-order valence-corrected chi connectivity index (χ4v) is 3.59. The Labute approximate surface area is 151 Å². The molecule has 2 aromatic carbocycles. The molecule has 0 radical (unpaired) electrons. The van der Waals surface area contributed by atoms with Crippen molar-refractivity contribution in [1.82, 2.24) is 0 Å². The molecule has 2 aromatic rings. The first-order chi connectivity index (χ1) is 12.0. The first-order valence-corrected chi connectivity index (χ1v) is 9.00. The maximum atomic E-state index is 12.3. The highest BCUT2D eigenvalue weighted by atomic mass is 32.2. The molecule has 0 bridgehead atoms. The zero-order chi connectivity index (χ0) is 17.9. The Morgan fingerprint density at radius 2 is 1.92 bits per heavy atom. The van der Waals surface area contributed by atoms with Gasteiger partial charge in [-0.05, 0) is 32.0 Å². The Hall–Kier alpha value is -2.47. The number of hydrogen-bond donors (Lipinski definition) is 2. The summed E-state index contributed by atoms with van der Waals surface area (Å²) in [5, 5.41) is 7.15. The number of rotatable bonds is 4. The number of benzene rings is 2. The van der Waals surface area contributed by atoms with Crippen molar-refractivity contribution in [3.8, 4) is 5.75 Å². The minimum atomic E-state index is -0.393. The quantitative estimate of drug-likeness (QED) is 0.871. The number of anilines is 2. The van der Waals surface area contributed by atoms with E-state index in [2.05, 4.69) is 10.6 Å². The van der Waals surface area contributed by atoms with Crippen molar-refractivity contribution in [1.29, 1.82) is 0 Å². The van der Waals surface area contributed by atoms with E-state index in [4.69, 9.17) is 9.73 Å². The summed E-state index contributed by atoms with van der Waals surface area (Å²) >= 11 is 1.44. The molecule has 0 unspecified atom stereocenters. The molecule has 1 amide bonds. The van der Waals surface area contributed by atoms with Crippen LogP contribution in [0.25, 0.3) is 0 Å². The number of thioether (sulfide) groups is 1. The van der Waals surface area contributed by atoms with E-state index in [1.165, 1.54) is 11.8 Å². The molecule has 130 valence electrons. The van der Waals surface area contributed by atoms with E-state index < -0.39 is 5.66 Å². The van der Waals surface area contributed by atoms with Gasteiger partial charge in [0.2, 0.25) is 5.91 Å². The number of carbonyl (C=O) groups is 1. The van der Waals surface area contributed by atoms with Crippen molar-refractivity contribution >= 4 is 34.1 Å². The number of aliphatic imine (C=N–C) groups is 1. The van der Waals surface area contributed by atoms with E-state index in [1.54, 1.807) is 7.11 Å². The van der Waals surface area contributed by atoms with Gasteiger partial charge in [-0.3, -0.25) is 9.79 Å². The standard InChI is InChI=1S/C19H21N3O2S/c1-19(2)21-14-9-5-4-8-13(14)18(22-19)25-12-17(23)20-15-10-6-7-11-16(15)24-3/h4-11,21H,12H2,1-3H3,(H,20,23). The van der Waals surface area contributed by atoms with E-state index >= 15 is 0 Å². The predicted octanol–water partition coefficient (Wildman–Crippen LogP) is 3.98. The molecule has 1 heterocycles. The van der Waals surface area contributed by atoms with Crippen molar-refractivity contribution in [2.45, 2.75) is 19.5 Å². The van der Waals surface area contributed by atoms with Gasteiger partial charge in [0, 0.05) is 11.3 Å². The molecule has 2 N–H and O–H groups in total. The van der Waals surface area contributed by atoms with Crippen LogP contribution >= 0.6 is 11.8 Å². The number of methoxy groups -OCH3 is 1. The van der Waals surface area contributed by atoms with Crippen LogP contribution in [0.2, 0.25) is 0 Å². The molecule has 6 heteroatoms. The molecular formula is C19H21N3O2S. The van der Waals surface area contributed by atoms with Crippen molar-refractivity contribution in [2.75, 3.05) is 23.5 Å². The predicted molar refractivity (Wildman–Crippen MR) is 105 cm³/mol. The van der Waals surface area contributed by atoms with E-state index in [1.807, 2.05) is 62.4 Å². The number of amides is 1. The highest BCUT2D eigenvalue weighted by Crippen LogP contribution is 2.31. The first-order valence-electron chi connectivity index (χ1n) is 8.01. The van der Waals surface area contributed by atoms with E-state index in [-0.39, 0.29) is 11.7 Å². The largest absolute Gasteiger partial charge is 0.495 e. The van der Waals surface area contributed by atoms with E-state index in [0.29, 0.717) is 11.4 Å². The molecule has 3 rings (SSSR count). The minimum Gasteiger partial charge on any atom is -0.495 e. The fraction of sp³-hybridized carbons (Fsp3) is 0.263. The molecule has 0 saturated heterocycles. The van der Waals surface area contributed by atoms with Gasteiger partial charge < -0.3 is 15.4 Å². The molecule has 1 aliphatic heterocycles. The lowest BCUT2D eigenvalue weighted by Gasteiger charge is -2.30. The number of carbonyl (C=O) groups excluding carboxylic acids is 1. The van der Waals surface area contributed by atoms with Crippen molar-refractivity contribution in [3.63, 3.8) is 0 Å². The summed E-state index contributed by atoms with van der Waals surface area (Å²) in [6, 6.07) is 15.4. The number of nitrogens with one attached hydrogen (secondary N) is 2. The summed E-state index contributed by atoms with van der Waals surface area (Å²) in [4.78, 5) is 17.1. The third-order valence-electron chi connectivity index (χ3n) is 3.70. The lowest BCUT2D eigenvalue weighted by molar-refractivity contribution is -0.113. The lowest BCUT2D eigenvalue weighted by atomic mass is 10.1. The van der Waals surface area contributed by atoms with Crippen molar-refractivity contribution < 1.29 is 9.53 Å². The van der Waals surface area contributed by atoms with Gasteiger partial charge in [0.05, 0.1) is 18.6 Å². The molecule has 0 saturated carbocycles. The van der Waals surface area contributed by atoms with Crippen LogP contribution in [0.4, 0.5) is 11.4 Å². The van der Waals surface area contributed by atoms with E-state index in [9.17, 15) is 4.79 Å². The smallest absolute Gasteiger partial charge is 0.234 e. The lowest BCUT2D eigenvalue weighted by Crippen LogP contribution is -2.34. The molecule has 0 fully saturated rings. The van der Waals surface area contributed by atoms with Gasteiger partial charge >= 0.3 is 0 Å². The second-order valence-electron chi connectivity index (χ2n) is 6.18. The maximum Gasteiger partial charge on any atom is 0.234 e. The number of fused-ring (bicyclic) bond motifs is 1. The van der Waals surface area contributed by atoms with Crippen LogP contribution in [0.1, 0.15) is 19.4 Å². The molecule has 1 aliphatic rings. The van der Waals surface area contributed by atoms with Gasteiger partial charge in [-0.25, -0.2) is 0 Å². The number of ether oxygens (including phenoxy) is 1. The second-order valence-corrected chi connectivity index (χ2v) is 7.15. The van der Waals surface area contributed by atoms with Crippen LogP contribution in [-0.2, 0) is 4.79 Å². The van der Waals surface area contributed by atoms with Crippen LogP contribution in [0.5, 0.6) is 5.75 Å². The van der Waals surface area contributed by atoms with Crippen LogP contribution in [-0.4, -0.2) is 29.5 Å². The van der Waals surface area contributed by atoms with Gasteiger partial charge in [0.1, 0.15) is 16.5 Å². The summed E-state index contributed by atoms with van der Waals surface area (Å²) in [6.45, 7) is 4.02. The zero-order valence-corrected chi connectivity index (χ0v) is 15.3. The Morgan fingerprint density at radius 1 is 1.20 bits per heavy atom. The second kappa shape index (κ2) is 7.19. The number of hydrogen-bond acceptors (Lipinski definition) is 5. The summed E-state index contributed by atoms with van der Waals surface area (Å²) in [5.41, 5.74) is 2.34. The summed E-state index contributed by atoms with van der Waals surface area (Å²) in [6.07, 6.45) is 0.